The zero-order chi connectivity index (χ0) is 13.4. The summed E-state index contributed by atoms with van der Waals surface area (Å²) < 4.78 is 59.8. The van der Waals surface area contributed by atoms with Crippen molar-refractivity contribution in [1.82, 2.24) is 0 Å². The van der Waals surface area contributed by atoms with Crippen molar-refractivity contribution in [3.8, 4) is 6.07 Å². The van der Waals surface area contributed by atoms with Crippen molar-refractivity contribution < 1.29 is 21.6 Å². The number of alkyl halides is 3. The Morgan fingerprint density at radius 2 is 1.88 bits per heavy atom. The molecule has 3 nitrogen and oxygen atoms in total. The van der Waals surface area contributed by atoms with Gasteiger partial charge in [0.25, 0.3) is 9.05 Å². The minimum absolute atomic E-state index is 0.365. The number of aryl methyl sites for hydroxylation is 1. The van der Waals surface area contributed by atoms with E-state index in [2.05, 4.69) is 0 Å². The van der Waals surface area contributed by atoms with Crippen LogP contribution in [-0.4, -0.2) is 8.42 Å². The van der Waals surface area contributed by atoms with Gasteiger partial charge in [-0.2, -0.15) is 18.4 Å². The van der Waals surface area contributed by atoms with Crippen molar-refractivity contribution in [2.24, 2.45) is 0 Å². The monoisotopic (exact) mass is 283 g/mol. The lowest BCUT2D eigenvalue weighted by molar-refractivity contribution is -0.138. The number of nitriles is 1. The molecule has 92 valence electrons. The van der Waals surface area contributed by atoms with E-state index >= 15 is 0 Å². The van der Waals surface area contributed by atoms with E-state index in [1.807, 2.05) is 0 Å². The maximum atomic E-state index is 12.6. The molecule has 0 saturated heterocycles. The Morgan fingerprint density at radius 1 is 1.35 bits per heavy atom. The van der Waals surface area contributed by atoms with Crippen molar-refractivity contribution in [1.29, 1.82) is 5.26 Å². The molecule has 0 amide bonds. The number of hydrogen-bond donors (Lipinski definition) is 0. The third-order valence-electron chi connectivity index (χ3n) is 1.99. The number of halogens is 4. The van der Waals surface area contributed by atoms with Gasteiger partial charge in [-0.3, -0.25) is 0 Å². The number of hydrogen-bond acceptors (Lipinski definition) is 3. The van der Waals surface area contributed by atoms with Crippen LogP contribution in [0.5, 0.6) is 0 Å². The fraction of sp³-hybridized carbons (Fsp3) is 0.222. The van der Waals surface area contributed by atoms with Crippen LogP contribution in [0.25, 0.3) is 0 Å². The van der Waals surface area contributed by atoms with E-state index in [0.717, 1.165) is 13.0 Å². The summed E-state index contributed by atoms with van der Waals surface area (Å²) in [7, 11) is 0.841. The lowest BCUT2D eigenvalue weighted by Gasteiger charge is -2.12. The molecule has 1 aromatic carbocycles. The molecule has 0 unspecified atom stereocenters. The van der Waals surface area contributed by atoms with Crippen LogP contribution in [0.2, 0.25) is 0 Å². The van der Waals surface area contributed by atoms with Gasteiger partial charge in [-0.05, 0) is 24.6 Å². The van der Waals surface area contributed by atoms with Gasteiger partial charge in [-0.1, -0.05) is 0 Å². The van der Waals surface area contributed by atoms with E-state index in [-0.39, 0.29) is 5.56 Å². The van der Waals surface area contributed by atoms with Gasteiger partial charge < -0.3 is 0 Å². The molecule has 0 N–H and O–H groups in total. The van der Waals surface area contributed by atoms with E-state index in [0.29, 0.717) is 6.07 Å². The molecule has 0 aliphatic heterocycles. The largest absolute Gasteiger partial charge is 0.417 e. The maximum Gasteiger partial charge on any atom is 0.417 e. The van der Waals surface area contributed by atoms with Gasteiger partial charge in [0, 0.05) is 10.7 Å². The highest BCUT2D eigenvalue weighted by Gasteiger charge is 2.36. The lowest BCUT2D eigenvalue weighted by Crippen LogP contribution is -2.11. The van der Waals surface area contributed by atoms with E-state index in [1.54, 1.807) is 0 Å². The van der Waals surface area contributed by atoms with E-state index in [9.17, 15) is 21.6 Å². The van der Waals surface area contributed by atoms with Gasteiger partial charge in [0.05, 0.1) is 22.1 Å². The van der Waals surface area contributed by atoms with Crippen LogP contribution in [-0.2, 0) is 15.2 Å². The van der Waals surface area contributed by atoms with Crippen molar-refractivity contribution in [3.63, 3.8) is 0 Å². The topological polar surface area (TPSA) is 57.9 Å². The van der Waals surface area contributed by atoms with Crippen molar-refractivity contribution in [2.45, 2.75) is 18.0 Å². The van der Waals surface area contributed by atoms with Crippen LogP contribution in [0, 0.1) is 18.3 Å². The smallest absolute Gasteiger partial charge is 0.207 e. The van der Waals surface area contributed by atoms with Gasteiger partial charge in [-0.25, -0.2) is 8.42 Å². The number of benzene rings is 1. The molecular weight excluding hydrogens is 279 g/mol. The molecule has 0 aliphatic carbocycles. The van der Waals surface area contributed by atoms with Gasteiger partial charge in [0.15, 0.2) is 0 Å². The third kappa shape index (κ3) is 2.90. The summed E-state index contributed by atoms with van der Waals surface area (Å²) in [4.78, 5) is -0.527. The average molecular weight is 284 g/mol. The molecule has 0 aliphatic rings. The van der Waals surface area contributed by atoms with Gasteiger partial charge in [0.1, 0.15) is 0 Å². The lowest BCUT2D eigenvalue weighted by atomic mass is 10.0. The highest BCUT2D eigenvalue weighted by molar-refractivity contribution is 8.13. The molecule has 0 heterocycles. The Bertz CT molecular complexity index is 602. The predicted molar refractivity (Wildman–Crippen MR) is 53.9 cm³/mol. The SMILES string of the molecule is Cc1cc(S(=O)(=O)Cl)cc(C#N)c1C(F)(F)F. The molecule has 8 heteroatoms. The summed E-state index contributed by atoms with van der Waals surface area (Å²) in [6.07, 6.45) is -4.72. The molecule has 0 aromatic heterocycles. The predicted octanol–water partition coefficient (Wildman–Crippen LogP) is 2.81. The first-order valence-electron chi connectivity index (χ1n) is 4.14. The molecule has 0 radical (unpaired) electrons. The maximum absolute atomic E-state index is 12.6. The summed E-state index contributed by atoms with van der Waals surface area (Å²) in [6, 6.07) is 2.71. The molecule has 0 atom stereocenters. The van der Waals surface area contributed by atoms with E-state index in [4.69, 9.17) is 15.9 Å². The standard InChI is InChI=1S/C9H5ClF3NO2S/c1-5-2-7(17(10,15)16)3-6(4-14)8(5)9(11,12)13/h2-3H,1H3. The second-order valence-corrected chi connectivity index (χ2v) is 5.78. The molecule has 0 bridgehead atoms. The van der Waals surface area contributed by atoms with Crippen LogP contribution in [0.3, 0.4) is 0 Å². The molecule has 0 saturated carbocycles. The summed E-state index contributed by atoms with van der Waals surface area (Å²) >= 11 is 0. The van der Waals surface area contributed by atoms with Crippen LogP contribution in [0.4, 0.5) is 13.2 Å². The Kier molecular flexibility index (Phi) is 3.41. The zero-order valence-electron chi connectivity index (χ0n) is 8.34. The van der Waals surface area contributed by atoms with Crippen LogP contribution in [0.15, 0.2) is 17.0 Å². The Labute approximate surface area is 99.8 Å². The quantitative estimate of drug-likeness (QED) is 0.745. The minimum Gasteiger partial charge on any atom is -0.207 e. The van der Waals surface area contributed by atoms with Crippen molar-refractivity contribution in [3.05, 3.63) is 28.8 Å². The fourth-order valence-corrected chi connectivity index (χ4v) is 2.20. The minimum atomic E-state index is -4.72. The molecule has 0 fully saturated rings. The second-order valence-electron chi connectivity index (χ2n) is 3.21. The van der Waals surface area contributed by atoms with Crippen molar-refractivity contribution in [2.75, 3.05) is 0 Å². The molecule has 1 rings (SSSR count). The molecule has 1 aromatic rings. The number of nitrogens with zero attached hydrogens (tertiary/aromatic N) is 1. The summed E-state index contributed by atoms with van der Waals surface area (Å²) in [5.74, 6) is 0. The summed E-state index contributed by atoms with van der Waals surface area (Å²) in [5.41, 5.74) is -2.28. The first kappa shape index (κ1) is 13.8. The summed E-state index contributed by atoms with van der Waals surface area (Å²) in [6.45, 7) is 1.06. The normalized spacial score (nSPS) is 12.2. The number of rotatable bonds is 1. The molecule has 17 heavy (non-hydrogen) atoms. The molecular formula is C9H5ClF3NO2S. The van der Waals surface area contributed by atoms with Crippen LogP contribution < -0.4 is 0 Å². The van der Waals surface area contributed by atoms with Crippen molar-refractivity contribution >= 4 is 19.7 Å². The van der Waals surface area contributed by atoms with E-state index in [1.165, 1.54) is 6.07 Å². The highest BCUT2D eigenvalue weighted by atomic mass is 35.7. The second kappa shape index (κ2) is 4.20. The summed E-state index contributed by atoms with van der Waals surface area (Å²) in [5, 5.41) is 8.61. The van der Waals surface area contributed by atoms with Crippen LogP contribution in [0.1, 0.15) is 16.7 Å². The first-order valence-corrected chi connectivity index (χ1v) is 6.45. The first-order chi connectivity index (χ1) is 7.57. The Hall–Kier alpha value is -1.26. The van der Waals surface area contributed by atoms with E-state index < -0.39 is 31.2 Å². The third-order valence-corrected chi connectivity index (χ3v) is 3.33. The zero-order valence-corrected chi connectivity index (χ0v) is 9.91. The fourth-order valence-electron chi connectivity index (χ4n) is 1.36. The van der Waals surface area contributed by atoms with Gasteiger partial charge in [0.2, 0.25) is 0 Å². The Balaban J connectivity index is 3.66. The van der Waals surface area contributed by atoms with Gasteiger partial charge in [-0.15, -0.1) is 0 Å². The van der Waals surface area contributed by atoms with Gasteiger partial charge >= 0.3 is 6.18 Å². The van der Waals surface area contributed by atoms with Crippen LogP contribution >= 0.6 is 10.7 Å². The Morgan fingerprint density at radius 3 is 2.24 bits per heavy atom. The average Bonchev–Trinajstić information content (AvgIpc) is 2.12. The highest BCUT2D eigenvalue weighted by Crippen LogP contribution is 2.36. The molecule has 0 spiro atoms.